The number of anilines is 1. The number of hydrogen-bond acceptors (Lipinski definition) is 9. The number of nitrogens with zero attached hydrogens (tertiary/aromatic N) is 5. The molecular weight excluding hydrogens is 306 g/mol. The van der Waals surface area contributed by atoms with Crippen LogP contribution in [0.25, 0.3) is 0 Å². The highest BCUT2D eigenvalue weighted by Crippen LogP contribution is 2.38. The van der Waals surface area contributed by atoms with Gasteiger partial charge in [0, 0.05) is 11.6 Å². The van der Waals surface area contributed by atoms with Crippen molar-refractivity contribution in [3.05, 3.63) is 27.8 Å². The quantitative estimate of drug-likeness (QED) is 0.421. The van der Waals surface area contributed by atoms with Crippen molar-refractivity contribution >= 4 is 17.9 Å². The van der Waals surface area contributed by atoms with Gasteiger partial charge in [-0.25, -0.2) is 5.43 Å². The smallest absolute Gasteiger partial charge is 0.315 e. The molecule has 2 rings (SSSR count). The number of hydrogen-bond donors (Lipinski definition) is 2. The number of nitro benzene ring substituents is 1. The molecule has 0 amide bonds. The van der Waals surface area contributed by atoms with Crippen molar-refractivity contribution in [2.24, 2.45) is 5.10 Å². The Morgan fingerprint density at radius 3 is 2.96 bits per heavy atom. The van der Waals surface area contributed by atoms with Crippen LogP contribution in [0.4, 0.5) is 11.6 Å². The van der Waals surface area contributed by atoms with Gasteiger partial charge in [0.2, 0.25) is 5.75 Å². The van der Waals surface area contributed by atoms with E-state index in [-0.39, 0.29) is 23.1 Å². The van der Waals surface area contributed by atoms with Gasteiger partial charge in [0.15, 0.2) is 5.75 Å². The van der Waals surface area contributed by atoms with Crippen LogP contribution in [0.15, 0.2) is 17.2 Å². The average molecular weight is 321 g/mol. The van der Waals surface area contributed by atoms with Gasteiger partial charge in [0.25, 0.3) is 5.95 Å². The van der Waals surface area contributed by atoms with E-state index < -0.39 is 4.92 Å². The Kier molecular flexibility index (Phi) is 5.39. The lowest BCUT2D eigenvalue weighted by Crippen LogP contribution is -2.03. The van der Waals surface area contributed by atoms with E-state index in [1.165, 1.54) is 19.4 Å². The highest BCUT2D eigenvalue weighted by molar-refractivity contribution is 5.83. The Balaban J connectivity index is 2.28. The van der Waals surface area contributed by atoms with Crippen LogP contribution in [0, 0.1) is 10.1 Å². The van der Waals surface area contributed by atoms with Crippen LogP contribution >= 0.6 is 0 Å². The molecule has 23 heavy (non-hydrogen) atoms. The Morgan fingerprint density at radius 1 is 1.52 bits per heavy atom. The summed E-state index contributed by atoms with van der Waals surface area (Å²) in [4.78, 5) is 10.7. The predicted molar refractivity (Wildman–Crippen MR) is 80.8 cm³/mol. The fourth-order valence-electron chi connectivity index (χ4n) is 1.69. The molecule has 2 N–H and O–H groups in total. The molecule has 2 aromatic rings. The van der Waals surface area contributed by atoms with Crippen LogP contribution in [0.3, 0.4) is 0 Å². The van der Waals surface area contributed by atoms with Crippen molar-refractivity contribution in [1.29, 1.82) is 0 Å². The fourth-order valence-corrected chi connectivity index (χ4v) is 1.69. The summed E-state index contributed by atoms with van der Waals surface area (Å²) in [6.45, 7) is 2.26. The zero-order chi connectivity index (χ0) is 16.7. The molecule has 0 fully saturated rings. The second kappa shape index (κ2) is 7.68. The van der Waals surface area contributed by atoms with Gasteiger partial charge < -0.3 is 9.47 Å². The number of aromatic amines is 1. The molecule has 0 radical (unpaired) electrons. The lowest BCUT2D eigenvalue weighted by atomic mass is 10.2. The summed E-state index contributed by atoms with van der Waals surface area (Å²) in [6.07, 6.45) is 2.09. The monoisotopic (exact) mass is 321 g/mol. The maximum atomic E-state index is 11.2. The Labute approximate surface area is 130 Å². The second-order valence-corrected chi connectivity index (χ2v) is 4.28. The van der Waals surface area contributed by atoms with Crippen molar-refractivity contribution in [3.63, 3.8) is 0 Å². The number of hydrazone groups is 1. The van der Waals surface area contributed by atoms with E-state index in [2.05, 4.69) is 31.2 Å². The van der Waals surface area contributed by atoms with E-state index >= 15 is 0 Å². The maximum absolute atomic E-state index is 11.2. The molecule has 0 aliphatic carbocycles. The molecule has 0 bridgehead atoms. The standard InChI is InChI=1S/C12H15N7O4/c1-3-4-23-11-9(19(20)21)5-8(6-10(11)22-2)7-13-14-12-15-17-18-16-12/h5-7H,3-4H2,1-2H3,(H2,14,15,16,17,18)/b13-7+. The van der Waals surface area contributed by atoms with E-state index in [4.69, 9.17) is 9.47 Å². The third-order valence-corrected chi connectivity index (χ3v) is 2.65. The van der Waals surface area contributed by atoms with Gasteiger partial charge in [-0.1, -0.05) is 12.0 Å². The van der Waals surface area contributed by atoms with Crippen LogP contribution in [0.5, 0.6) is 11.5 Å². The summed E-state index contributed by atoms with van der Waals surface area (Å²) in [5, 5.41) is 28.0. The number of nitrogens with one attached hydrogen (secondary N) is 2. The summed E-state index contributed by atoms with van der Waals surface area (Å²) in [5.74, 6) is 0.530. The van der Waals surface area contributed by atoms with Crippen molar-refractivity contribution in [2.45, 2.75) is 13.3 Å². The van der Waals surface area contributed by atoms with Gasteiger partial charge in [0.05, 0.1) is 24.9 Å². The molecule has 122 valence electrons. The van der Waals surface area contributed by atoms with Crippen molar-refractivity contribution in [1.82, 2.24) is 20.6 Å². The number of ether oxygens (including phenoxy) is 2. The van der Waals surface area contributed by atoms with Gasteiger partial charge in [0.1, 0.15) is 0 Å². The minimum Gasteiger partial charge on any atom is -0.493 e. The number of rotatable bonds is 8. The summed E-state index contributed by atoms with van der Waals surface area (Å²) >= 11 is 0. The van der Waals surface area contributed by atoms with Crippen molar-refractivity contribution in [3.8, 4) is 11.5 Å². The molecule has 1 heterocycles. The maximum Gasteiger partial charge on any atom is 0.315 e. The summed E-state index contributed by atoms with van der Waals surface area (Å²) in [6, 6.07) is 2.92. The zero-order valence-corrected chi connectivity index (χ0v) is 12.5. The second-order valence-electron chi connectivity index (χ2n) is 4.28. The summed E-state index contributed by atoms with van der Waals surface area (Å²) < 4.78 is 10.6. The first-order chi connectivity index (χ1) is 11.2. The molecule has 0 aliphatic rings. The van der Waals surface area contributed by atoms with Gasteiger partial charge in [-0.05, 0) is 17.7 Å². The van der Waals surface area contributed by atoms with Crippen LogP contribution in [-0.2, 0) is 0 Å². The molecule has 0 spiro atoms. The number of benzene rings is 1. The molecule has 0 saturated heterocycles. The minimum absolute atomic E-state index is 0.0997. The fraction of sp³-hybridized carbons (Fsp3) is 0.333. The van der Waals surface area contributed by atoms with E-state index in [0.29, 0.717) is 12.2 Å². The highest BCUT2D eigenvalue weighted by atomic mass is 16.6. The molecule has 1 aromatic carbocycles. The number of nitro groups is 1. The predicted octanol–water partition coefficient (Wildman–Crippen LogP) is 1.35. The van der Waals surface area contributed by atoms with Crippen LogP contribution < -0.4 is 14.9 Å². The highest BCUT2D eigenvalue weighted by Gasteiger charge is 2.21. The summed E-state index contributed by atoms with van der Waals surface area (Å²) in [7, 11) is 1.41. The SMILES string of the molecule is CCCOc1c(OC)cc(/C=N/Nc2nn[nH]n2)cc1[N+](=O)[O-]. The lowest BCUT2D eigenvalue weighted by Gasteiger charge is -2.11. The molecule has 1 aromatic heterocycles. The number of methoxy groups -OCH3 is 1. The first-order valence-electron chi connectivity index (χ1n) is 6.67. The van der Waals surface area contributed by atoms with Gasteiger partial charge in [-0.3, -0.25) is 10.1 Å². The number of aromatic nitrogens is 4. The average Bonchev–Trinajstić information content (AvgIpc) is 3.06. The van der Waals surface area contributed by atoms with Gasteiger partial charge >= 0.3 is 5.69 Å². The van der Waals surface area contributed by atoms with E-state index in [0.717, 1.165) is 6.42 Å². The van der Waals surface area contributed by atoms with Crippen molar-refractivity contribution < 1.29 is 14.4 Å². The largest absolute Gasteiger partial charge is 0.493 e. The van der Waals surface area contributed by atoms with Gasteiger partial charge in [-0.15, -0.1) is 5.10 Å². The lowest BCUT2D eigenvalue weighted by molar-refractivity contribution is -0.386. The Morgan fingerprint density at radius 2 is 2.35 bits per heavy atom. The molecule has 0 atom stereocenters. The van der Waals surface area contributed by atoms with E-state index in [1.54, 1.807) is 6.07 Å². The topological polar surface area (TPSA) is 140 Å². The summed E-state index contributed by atoms with van der Waals surface area (Å²) in [5.41, 5.74) is 2.78. The van der Waals surface area contributed by atoms with Crippen molar-refractivity contribution in [2.75, 3.05) is 19.1 Å². The third-order valence-electron chi connectivity index (χ3n) is 2.65. The number of tetrazole rings is 1. The first-order valence-corrected chi connectivity index (χ1v) is 6.67. The van der Waals surface area contributed by atoms with Crippen LogP contribution in [0.1, 0.15) is 18.9 Å². The Hall–Kier alpha value is -3.24. The molecule has 0 saturated carbocycles. The molecule has 0 unspecified atom stereocenters. The van der Waals surface area contributed by atoms with E-state index in [9.17, 15) is 10.1 Å². The minimum atomic E-state index is -0.530. The molecule has 11 nitrogen and oxygen atoms in total. The third kappa shape index (κ3) is 4.12. The first kappa shape index (κ1) is 16.1. The Bertz CT molecular complexity index is 687. The van der Waals surface area contributed by atoms with Gasteiger partial charge in [-0.2, -0.15) is 10.3 Å². The normalized spacial score (nSPS) is 10.7. The van der Waals surface area contributed by atoms with Crippen LogP contribution in [-0.4, -0.2) is 45.5 Å². The molecular formula is C12H15N7O4. The van der Waals surface area contributed by atoms with Crippen LogP contribution in [0.2, 0.25) is 0 Å². The van der Waals surface area contributed by atoms with E-state index in [1.807, 2.05) is 6.92 Å². The molecule has 0 aliphatic heterocycles. The number of H-pyrrole nitrogens is 1. The molecule has 11 heteroatoms. The zero-order valence-electron chi connectivity index (χ0n) is 12.5.